The molecule has 0 spiro atoms. The third-order valence-corrected chi connectivity index (χ3v) is 3.82. The van der Waals surface area contributed by atoms with Gasteiger partial charge in [0.1, 0.15) is 5.75 Å². The summed E-state index contributed by atoms with van der Waals surface area (Å²) in [6.07, 6.45) is 5.18. The van der Waals surface area contributed by atoms with Crippen molar-refractivity contribution >= 4 is 0 Å². The van der Waals surface area contributed by atoms with Gasteiger partial charge < -0.3 is 15.0 Å². The maximum absolute atomic E-state index is 5.47. The minimum Gasteiger partial charge on any atom is -0.494 e. The van der Waals surface area contributed by atoms with Gasteiger partial charge in [0.05, 0.1) is 6.61 Å². The zero-order chi connectivity index (χ0) is 16.0. The molecule has 0 aliphatic carbocycles. The molecule has 0 fully saturated rings. The fourth-order valence-corrected chi connectivity index (χ4v) is 2.44. The lowest BCUT2D eigenvalue weighted by Crippen LogP contribution is -2.33. The highest BCUT2D eigenvalue weighted by Gasteiger charge is 2.03. The lowest BCUT2D eigenvalue weighted by Gasteiger charge is -2.22. The molecule has 0 amide bonds. The topological polar surface area (TPSA) is 24.5 Å². The van der Waals surface area contributed by atoms with Gasteiger partial charge in [-0.3, -0.25) is 0 Å². The Morgan fingerprint density at radius 1 is 0.909 bits per heavy atom. The highest BCUT2D eigenvalue weighted by molar-refractivity contribution is 5.27. The van der Waals surface area contributed by atoms with Crippen LogP contribution in [0.2, 0.25) is 0 Å². The van der Waals surface area contributed by atoms with Crippen molar-refractivity contribution in [2.45, 2.75) is 53.0 Å². The van der Waals surface area contributed by atoms with Gasteiger partial charge in [-0.25, -0.2) is 0 Å². The summed E-state index contributed by atoms with van der Waals surface area (Å²) in [7, 11) is 0. The van der Waals surface area contributed by atoms with Gasteiger partial charge in [-0.2, -0.15) is 0 Å². The average Bonchev–Trinajstić information content (AvgIpc) is 2.55. The first-order valence-electron chi connectivity index (χ1n) is 8.94. The second kappa shape index (κ2) is 12.5. The number of unbranched alkanes of at least 4 members (excludes halogenated alkanes) is 2. The van der Waals surface area contributed by atoms with Gasteiger partial charge in [-0.15, -0.1) is 0 Å². The fourth-order valence-electron chi connectivity index (χ4n) is 2.44. The molecule has 1 N–H and O–H groups in total. The molecule has 3 heteroatoms. The number of hydrogen-bond acceptors (Lipinski definition) is 3. The normalized spacial score (nSPS) is 11.1. The van der Waals surface area contributed by atoms with Crippen LogP contribution in [0.5, 0.6) is 5.75 Å². The first-order chi connectivity index (χ1) is 10.8. The maximum atomic E-state index is 5.47. The standard InChI is InChI=1S/C19H34N2O/c1-4-7-14-21(15-8-5-2)16-13-20-17-18-9-11-19(12-10-18)22-6-3/h9-12,20H,4-8,13-17H2,1-3H3. The fraction of sp³-hybridized carbons (Fsp3) is 0.684. The van der Waals surface area contributed by atoms with Crippen LogP contribution in [-0.4, -0.2) is 37.7 Å². The van der Waals surface area contributed by atoms with E-state index in [2.05, 4.69) is 48.3 Å². The van der Waals surface area contributed by atoms with Crippen molar-refractivity contribution in [1.82, 2.24) is 10.2 Å². The van der Waals surface area contributed by atoms with Crippen LogP contribution < -0.4 is 10.1 Å². The summed E-state index contributed by atoms with van der Waals surface area (Å²) in [5, 5.41) is 3.55. The largest absolute Gasteiger partial charge is 0.494 e. The summed E-state index contributed by atoms with van der Waals surface area (Å²) >= 11 is 0. The van der Waals surface area contributed by atoms with Crippen molar-refractivity contribution in [2.24, 2.45) is 0 Å². The Bertz CT molecular complexity index is 356. The minimum absolute atomic E-state index is 0.725. The van der Waals surface area contributed by atoms with Crippen LogP contribution >= 0.6 is 0 Å². The molecular weight excluding hydrogens is 272 g/mol. The van der Waals surface area contributed by atoms with Crippen molar-refractivity contribution < 1.29 is 4.74 Å². The summed E-state index contributed by atoms with van der Waals surface area (Å²) in [6, 6.07) is 8.39. The molecule has 0 radical (unpaired) electrons. The van der Waals surface area contributed by atoms with Crippen molar-refractivity contribution in [3.8, 4) is 5.75 Å². The molecule has 0 aliphatic rings. The monoisotopic (exact) mass is 306 g/mol. The van der Waals surface area contributed by atoms with Crippen LogP contribution in [0, 0.1) is 0 Å². The molecule has 0 bridgehead atoms. The van der Waals surface area contributed by atoms with Crippen LogP contribution in [0.3, 0.4) is 0 Å². The molecule has 126 valence electrons. The van der Waals surface area contributed by atoms with Crippen LogP contribution in [0.25, 0.3) is 0 Å². The SMILES string of the molecule is CCCCN(CCCC)CCNCc1ccc(OCC)cc1. The van der Waals surface area contributed by atoms with Crippen molar-refractivity contribution in [2.75, 3.05) is 32.8 Å². The van der Waals surface area contributed by atoms with E-state index in [1.165, 1.54) is 44.3 Å². The van der Waals surface area contributed by atoms with Crippen molar-refractivity contribution in [3.63, 3.8) is 0 Å². The first-order valence-corrected chi connectivity index (χ1v) is 8.94. The van der Waals surface area contributed by atoms with Gasteiger partial charge in [0.25, 0.3) is 0 Å². The molecule has 22 heavy (non-hydrogen) atoms. The lowest BCUT2D eigenvalue weighted by atomic mass is 10.2. The molecule has 0 aliphatic heterocycles. The van der Waals surface area contributed by atoms with Gasteiger partial charge >= 0.3 is 0 Å². The molecule has 0 aromatic heterocycles. The molecule has 1 aromatic rings. The summed E-state index contributed by atoms with van der Waals surface area (Å²) in [6.45, 7) is 12.9. The molecule has 0 saturated carbocycles. The van der Waals surface area contributed by atoms with Crippen LogP contribution in [0.1, 0.15) is 52.0 Å². The van der Waals surface area contributed by atoms with E-state index in [0.717, 1.165) is 32.0 Å². The zero-order valence-electron chi connectivity index (χ0n) is 14.7. The molecule has 1 aromatic carbocycles. The zero-order valence-corrected chi connectivity index (χ0v) is 14.7. The summed E-state index contributed by atoms with van der Waals surface area (Å²) < 4.78 is 5.47. The molecule has 0 saturated heterocycles. The number of rotatable bonds is 13. The first kappa shape index (κ1) is 19.0. The van der Waals surface area contributed by atoms with Crippen LogP contribution in [0.15, 0.2) is 24.3 Å². The van der Waals surface area contributed by atoms with Gasteiger partial charge in [0, 0.05) is 19.6 Å². The third-order valence-electron chi connectivity index (χ3n) is 3.82. The molecule has 3 nitrogen and oxygen atoms in total. The second-order valence-electron chi connectivity index (χ2n) is 5.80. The van der Waals surface area contributed by atoms with Crippen LogP contribution in [-0.2, 0) is 6.54 Å². The van der Waals surface area contributed by atoms with Gasteiger partial charge in [-0.05, 0) is 50.6 Å². The summed E-state index contributed by atoms with van der Waals surface area (Å²) in [5.74, 6) is 0.955. The predicted octanol–water partition coefficient (Wildman–Crippen LogP) is 4.08. The average molecular weight is 306 g/mol. The van der Waals surface area contributed by atoms with E-state index in [0.29, 0.717) is 0 Å². The molecule has 1 rings (SSSR count). The van der Waals surface area contributed by atoms with Crippen molar-refractivity contribution in [1.29, 1.82) is 0 Å². The predicted molar refractivity (Wildman–Crippen MR) is 95.6 cm³/mol. The molecular formula is C19H34N2O. The van der Waals surface area contributed by atoms with Gasteiger partial charge in [0.2, 0.25) is 0 Å². The molecule has 0 atom stereocenters. The minimum atomic E-state index is 0.725. The molecule has 0 heterocycles. The Kier molecular flexibility index (Phi) is 10.8. The van der Waals surface area contributed by atoms with E-state index < -0.39 is 0 Å². The lowest BCUT2D eigenvalue weighted by molar-refractivity contribution is 0.264. The smallest absolute Gasteiger partial charge is 0.119 e. The Hall–Kier alpha value is -1.06. The highest BCUT2D eigenvalue weighted by Crippen LogP contribution is 2.11. The Labute approximate surface area is 137 Å². The van der Waals surface area contributed by atoms with E-state index >= 15 is 0 Å². The molecule has 0 unspecified atom stereocenters. The number of ether oxygens (including phenoxy) is 1. The highest BCUT2D eigenvalue weighted by atomic mass is 16.5. The third kappa shape index (κ3) is 8.40. The van der Waals surface area contributed by atoms with Gasteiger partial charge in [-0.1, -0.05) is 38.8 Å². The maximum Gasteiger partial charge on any atom is 0.119 e. The number of nitrogens with zero attached hydrogens (tertiary/aromatic N) is 1. The number of nitrogens with one attached hydrogen (secondary N) is 1. The van der Waals surface area contributed by atoms with E-state index in [4.69, 9.17) is 4.74 Å². The van der Waals surface area contributed by atoms with Gasteiger partial charge in [0.15, 0.2) is 0 Å². The van der Waals surface area contributed by atoms with Crippen LogP contribution in [0.4, 0.5) is 0 Å². The Morgan fingerprint density at radius 2 is 1.55 bits per heavy atom. The van der Waals surface area contributed by atoms with E-state index in [-0.39, 0.29) is 0 Å². The number of benzene rings is 1. The second-order valence-corrected chi connectivity index (χ2v) is 5.80. The van der Waals surface area contributed by atoms with E-state index in [1.807, 2.05) is 6.92 Å². The Balaban J connectivity index is 2.23. The number of hydrogen-bond donors (Lipinski definition) is 1. The summed E-state index contributed by atoms with van der Waals surface area (Å²) in [5.41, 5.74) is 1.32. The Morgan fingerprint density at radius 3 is 2.09 bits per heavy atom. The van der Waals surface area contributed by atoms with E-state index in [9.17, 15) is 0 Å². The van der Waals surface area contributed by atoms with E-state index in [1.54, 1.807) is 0 Å². The quantitative estimate of drug-likeness (QED) is 0.556. The van der Waals surface area contributed by atoms with Crippen molar-refractivity contribution in [3.05, 3.63) is 29.8 Å². The summed E-state index contributed by atoms with van der Waals surface area (Å²) in [4.78, 5) is 2.60.